The number of ether oxygens (including phenoxy) is 4. The molecule has 4 aliphatic carbocycles. The topological polar surface area (TPSA) is 43.4 Å². The first-order valence-electron chi connectivity index (χ1n) is 40.0. The summed E-state index contributed by atoms with van der Waals surface area (Å²) in [6.07, 6.45) is 11.0. The number of fused-ring (bicyclic) bond motifs is 16. The van der Waals surface area contributed by atoms with Crippen molar-refractivity contribution in [1.82, 2.24) is 0 Å². The minimum Gasteiger partial charge on any atom is -0.458 e. The van der Waals surface area contributed by atoms with Gasteiger partial charge in [-0.25, -0.2) is 0 Å². The van der Waals surface area contributed by atoms with Gasteiger partial charge in [0.1, 0.15) is 54.1 Å². The Hall–Kier alpha value is -8.65. The lowest BCUT2D eigenvalue weighted by atomic mass is 9.34. The van der Waals surface area contributed by atoms with Crippen molar-refractivity contribution in [3.05, 3.63) is 225 Å². The summed E-state index contributed by atoms with van der Waals surface area (Å²) in [4.78, 5) is 4.97. The standard InChI is InChI=1S/C97H102B2N2O4Si/c1-89(2)35-37-91(5,6)65-53-77-69(49-61(65)89)98-71-51-63-67(55-79(71)104-82-46-57(45-81(102-77)87(82)98)100-73-29-21-19-27-59(73)95(13,14)60-28-20-22-30-74(60)100)96(15,41-39-93(63,9)10)43-44-97(16)42-40-94(11,12)64-52-72-80(56-68(64)97)105-84-48-58(101-75-31-23-25-33-85(75)106(17,18)86-34-26-24-32-76(86)101)47-83-88(84)99(72)70-50-62-66(54-78(70)103-83)92(7,8)38-36-90(62,3)4/h19-34,45-56H,35-44H2,1-18H3. The Morgan fingerprint density at radius 2 is 0.557 bits per heavy atom. The molecule has 0 N–H and O–H groups in total. The van der Waals surface area contributed by atoms with Crippen LogP contribution in [0.25, 0.3) is 0 Å². The summed E-state index contributed by atoms with van der Waals surface area (Å²) >= 11 is 0. The van der Waals surface area contributed by atoms with Gasteiger partial charge in [0.15, 0.2) is 0 Å². The summed E-state index contributed by atoms with van der Waals surface area (Å²) in [6, 6.07) is 66.1. The lowest BCUT2D eigenvalue weighted by Crippen LogP contribution is -2.59. The van der Waals surface area contributed by atoms with Crippen LogP contribution in [0.4, 0.5) is 34.1 Å². The molecule has 0 fully saturated rings. The highest BCUT2D eigenvalue weighted by Gasteiger charge is 2.53. The van der Waals surface area contributed by atoms with E-state index in [9.17, 15) is 0 Å². The van der Waals surface area contributed by atoms with Gasteiger partial charge in [0.25, 0.3) is 13.4 Å². The fourth-order valence-electron chi connectivity index (χ4n) is 22.2. The van der Waals surface area contributed by atoms with Crippen LogP contribution in [0, 0.1) is 0 Å². The zero-order chi connectivity index (χ0) is 73.5. The molecule has 0 radical (unpaired) electrons. The van der Waals surface area contributed by atoms with E-state index in [-0.39, 0.29) is 62.2 Å². The monoisotopic (exact) mass is 1410 g/mol. The fraction of sp³-hybridized carbons (Fsp3) is 0.381. The summed E-state index contributed by atoms with van der Waals surface area (Å²) in [5, 5.41) is 2.88. The number of anilines is 6. The molecular weight excluding hydrogens is 1310 g/mol. The van der Waals surface area contributed by atoms with Crippen molar-refractivity contribution in [2.24, 2.45) is 0 Å². The van der Waals surface area contributed by atoms with E-state index in [2.05, 4.69) is 304 Å². The minimum atomic E-state index is -2.06. The molecule has 0 saturated carbocycles. The average molecular weight is 1410 g/mol. The van der Waals surface area contributed by atoms with E-state index in [1.807, 2.05) is 0 Å². The lowest BCUT2D eigenvalue weighted by Gasteiger charge is -2.49. The van der Waals surface area contributed by atoms with Crippen LogP contribution in [-0.2, 0) is 48.7 Å². The fourth-order valence-corrected chi connectivity index (χ4v) is 25.2. The molecule has 0 amide bonds. The summed E-state index contributed by atoms with van der Waals surface area (Å²) in [7, 11) is -2.06. The van der Waals surface area contributed by atoms with E-state index in [0.29, 0.717) is 0 Å². The number of rotatable bonds is 5. The molecule has 6 aliphatic heterocycles. The molecule has 0 aromatic heterocycles. The molecule has 0 spiro atoms. The summed E-state index contributed by atoms with van der Waals surface area (Å²) in [5.74, 6) is 7.44. The predicted molar refractivity (Wildman–Crippen MR) is 446 cm³/mol. The molecule has 6 heterocycles. The normalized spacial score (nSPS) is 22.9. The van der Waals surface area contributed by atoms with Crippen molar-refractivity contribution in [2.45, 2.75) is 237 Å². The van der Waals surface area contributed by atoms with Crippen molar-refractivity contribution in [1.29, 1.82) is 0 Å². The largest absolute Gasteiger partial charge is 0.458 e. The molecule has 0 bridgehead atoms. The summed E-state index contributed by atoms with van der Waals surface area (Å²) in [6.45, 7) is 44.4. The maximum atomic E-state index is 7.72. The van der Waals surface area contributed by atoms with Crippen molar-refractivity contribution < 1.29 is 18.9 Å². The lowest BCUT2D eigenvalue weighted by molar-refractivity contribution is 0.237. The SMILES string of the molecule is CC1(C)CCC(C)(C)c2cc3c(cc21)Oc1cc(N2c4ccccc4C(C)(C)c4ccccc42)cc2c1B3c1cc3c(cc1O2)C(C)(CCC1(C)CCC(C)(C)c2cc4c(cc21)Oc1cc(N2c5ccccc5[Si](C)(C)c5ccccc52)cc2c1B4c1cc4c(cc1O2)C(C)(C)CCC4(C)C)CCC3(C)C. The Bertz CT molecular complexity index is 5120. The molecule has 534 valence electrons. The quantitative estimate of drug-likeness (QED) is 0.160. The van der Waals surface area contributed by atoms with Crippen LogP contribution < -0.4 is 71.9 Å². The minimum absolute atomic E-state index is 0.00883. The molecule has 9 heteroatoms. The zero-order valence-corrected chi connectivity index (χ0v) is 66.9. The highest BCUT2D eigenvalue weighted by Crippen LogP contribution is 2.59. The second-order valence-corrected chi connectivity index (χ2v) is 44.0. The van der Waals surface area contributed by atoms with Gasteiger partial charge in [-0.15, -0.1) is 0 Å². The Morgan fingerprint density at radius 1 is 0.292 bits per heavy atom. The van der Waals surface area contributed by atoms with Gasteiger partial charge in [-0.05, 0) is 244 Å². The maximum absolute atomic E-state index is 7.72. The van der Waals surface area contributed by atoms with Gasteiger partial charge >= 0.3 is 0 Å². The molecule has 10 aliphatic rings. The molecule has 20 rings (SSSR count). The first-order chi connectivity index (χ1) is 50.2. The number of nitrogens with zero attached hydrogens (tertiary/aromatic N) is 2. The van der Waals surface area contributed by atoms with Crippen molar-refractivity contribution in [3.63, 3.8) is 0 Å². The smallest absolute Gasteiger partial charge is 0.260 e. The van der Waals surface area contributed by atoms with Crippen LogP contribution in [0.1, 0.15) is 231 Å². The van der Waals surface area contributed by atoms with Gasteiger partial charge < -0.3 is 28.7 Å². The van der Waals surface area contributed by atoms with Crippen LogP contribution in [0.3, 0.4) is 0 Å². The summed E-state index contributed by atoms with van der Waals surface area (Å²) in [5.41, 5.74) is 27.8. The molecule has 106 heavy (non-hydrogen) atoms. The van der Waals surface area contributed by atoms with Crippen LogP contribution in [0.15, 0.2) is 170 Å². The second-order valence-electron chi connectivity index (χ2n) is 39.6. The van der Waals surface area contributed by atoms with Crippen molar-refractivity contribution in [3.8, 4) is 46.0 Å². The molecular formula is C97H102B2N2O4Si. The third-order valence-electron chi connectivity index (χ3n) is 29.5. The molecule has 2 unspecified atom stereocenters. The summed E-state index contributed by atoms with van der Waals surface area (Å²) < 4.78 is 30.4. The number of hydrogen-bond donors (Lipinski definition) is 0. The number of para-hydroxylation sites is 4. The van der Waals surface area contributed by atoms with Gasteiger partial charge in [0, 0.05) is 52.0 Å². The van der Waals surface area contributed by atoms with Crippen molar-refractivity contribution in [2.75, 3.05) is 9.80 Å². The third kappa shape index (κ3) is 9.28. The molecule has 10 aromatic rings. The Morgan fingerprint density at radius 3 is 0.896 bits per heavy atom. The highest BCUT2D eigenvalue weighted by molar-refractivity contribution is 7.03. The van der Waals surface area contributed by atoms with E-state index < -0.39 is 8.07 Å². The van der Waals surface area contributed by atoms with Gasteiger partial charge in [0.05, 0.1) is 22.7 Å². The third-order valence-corrected chi connectivity index (χ3v) is 33.1. The van der Waals surface area contributed by atoms with E-state index in [1.54, 1.807) is 0 Å². The van der Waals surface area contributed by atoms with Crippen LogP contribution in [-0.4, -0.2) is 21.5 Å². The van der Waals surface area contributed by atoms with E-state index in [4.69, 9.17) is 18.9 Å². The van der Waals surface area contributed by atoms with E-state index >= 15 is 0 Å². The number of benzene rings is 10. The number of hydrogen-bond acceptors (Lipinski definition) is 6. The molecule has 6 nitrogen and oxygen atoms in total. The van der Waals surface area contributed by atoms with Crippen molar-refractivity contribution >= 4 is 98.8 Å². The van der Waals surface area contributed by atoms with Crippen LogP contribution in [0.2, 0.25) is 13.1 Å². The van der Waals surface area contributed by atoms with Gasteiger partial charge in [-0.1, -0.05) is 221 Å². The van der Waals surface area contributed by atoms with E-state index in [1.165, 1.54) is 111 Å². The first-order valence-corrected chi connectivity index (χ1v) is 43.0. The zero-order valence-electron chi connectivity index (χ0n) is 65.9. The second kappa shape index (κ2) is 21.6. The maximum Gasteiger partial charge on any atom is 0.260 e. The Labute approximate surface area is 631 Å². The van der Waals surface area contributed by atoms with Gasteiger partial charge in [-0.2, -0.15) is 0 Å². The molecule has 2 atom stereocenters. The molecule has 10 aromatic carbocycles. The van der Waals surface area contributed by atoms with Crippen LogP contribution in [0.5, 0.6) is 46.0 Å². The Balaban J connectivity index is 0.717. The predicted octanol–water partition coefficient (Wildman–Crippen LogP) is 20.7. The first kappa shape index (κ1) is 66.8. The highest BCUT2D eigenvalue weighted by atomic mass is 28.3. The van der Waals surface area contributed by atoms with Gasteiger partial charge in [0.2, 0.25) is 0 Å². The van der Waals surface area contributed by atoms with E-state index in [0.717, 1.165) is 133 Å². The Kier molecular flexibility index (Phi) is 13.6. The van der Waals surface area contributed by atoms with Gasteiger partial charge in [-0.3, -0.25) is 0 Å². The average Bonchev–Trinajstić information content (AvgIpc) is 0.700. The molecule has 0 saturated heterocycles. The van der Waals surface area contributed by atoms with Crippen LogP contribution >= 0.6 is 0 Å².